The lowest BCUT2D eigenvalue weighted by Gasteiger charge is -2.21. The van der Waals surface area contributed by atoms with Gasteiger partial charge in [0.15, 0.2) is 0 Å². The van der Waals surface area contributed by atoms with Crippen LogP contribution in [0.1, 0.15) is 96.2 Å². The number of hydrogen-bond donors (Lipinski definition) is 1. The van der Waals surface area contributed by atoms with Gasteiger partial charge in [0, 0.05) is 17.5 Å². The summed E-state index contributed by atoms with van der Waals surface area (Å²) in [5, 5.41) is 3.36. The largest absolute Gasteiger partial charge is 0.378 e. The summed E-state index contributed by atoms with van der Waals surface area (Å²) in [6.07, 6.45) is 11.1. The van der Waals surface area contributed by atoms with Crippen molar-refractivity contribution in [3.8, 4) is 12.8 Å². The number of terminal acetylenes is 1. The fraction of sp³-hybridized carbons (Fsp3) is 0.361. The van der Waals surface area contributed by atoms with E-state index in [0.717, 1.165) is 29.8 Å². The molecule has 3 rings (SSSR count). The Morgan fingerprint density at radius 1 is 0.921 bits per heavy atom. The average molecular weight is 513 g/mol. The van der Waals surface area contributed by atoms with Gasteiger partial charge in [-0.05, 0) is 68.9 Å². The van der Waals surface area contributed by atoms with Crippen LogP contribution >= 0.6 is 0 Å². The number of allylic oxidation sites excluding steroid dienone is 3. The van der Waals surface area contributed by atoms with Gasteiger partial charge in [-0.25, -0.2) is 0 Å². The summed E-state index contributed by atoms with van der Waals surface area (Å²) < 4.78 is 0. The molecule has 0 radical (unpaired) electrons. The van der Waals surface area contributed by atoms with Crippen LogP contribution in [0.3, 0.4) is 0 Å². The summed E-state index contributed by atoms with van der Waals surface area (Å²) in [6, 6.07) is 15.3. The molecule has 1 aliphatic rings. The Bertz CT molecular complexity index is 1090. The molecule has 38 heavy (non-hydrogen) atoms. The lowest BCUT2D eigenvalue weighted by molar-refractivity contribution is 0.683. The molecule has 2 nitrogen and oxygen atoms in total. The summed E-state index contributed by atoms with van der Waals surface area (Å²) in [7, 11) is 0. The normalized spacial score (nSPS) is 11.6. The van der Waals surface area contributed by atoms with Gasteiger partial charge in [-0.15, -0.1) is 12.8 Å². The zero-order valence-electron chi connectivity index (χ0n) is 25.8. The van der Waals surface area contributed by atoms with Crippen LogP contribution in [0.5, 0.6) is 0 Å². The number of rotatable bonds is 7. The third kappa shape index (κ3) is 12.1. The Hall–Kier alpha value is -3.57. The number of nitrogens with one attached hydrogen (secondary N) is 1. The molecule has 2 aromatic rings. The summed E-state index contributed by atoms with van der Waals surface area (Å²) in [4.78, 5) is 4.31. The first-order valence-electron chi connectivity index (χ1n) is 13.6. The molecule has 0 aromatic heterocycles. The van der Waals surface area contributed by atoms with Crippen LogP contribution in [-0.2, 0) is 6.42 Å². The fourth-order valence-electron chi connectivity index (χ4n) is 3.78. The summed E-state index contributed by atoms with van der Waals surface area (Å²) >= 11 is 0. The summed E-state index contributed by atoms with van der Waals surface area (Å²) in [6.45, 7) is 33.3. The standard InChI is InChI=1S/C18H22N2.C12H16.2C2H6.C2H2/c1-12(2)18(20-13(3)4)16-8-6-15(7-9-16)17-11-19-10-14(17)5;1-5-11-7-6-10(4)8-12(11)9(2)3;3*1-2/h6-9,11,18,20H,1,3,10H2,2,4-5H3;6-8H,2,5H2,1,3-4H3;2*1-2H3;1-2H. The van der Waals surface area contributed by atoms with Crippen LogP contribution in [0.4, 0.5) is 0 Å². The van der Waals surface area contributed by atoms with E-state index in [4.69, 9.17) is 0 Å². The van der Waals surface area contributed by atoms with Crippen molar-refractivity contribution in [1.29, 1.82) is 0 Å². The van der Waals surface area contributed by atoms with E-state index in [9.17, 15) is 0 Å². The molecule has 0 amide bonds. The SMILES string of the molecule is C#C.C=C(C)NC(C(=C)C)c1ccc(C2=C(C)CN=C2)cc1.C=C(C)c1cc(C)ccc1CC.CC.CC. The van der Waals surface area contributed by atoms with E-state index < -0.39 is 0 Å². The number of aliphatic imine (C=N–C) groups is 1. The van der Waals surface area contributed by atoms with Crippen molar-refractivity contribution in [2.75, 3.05) is 6.54 Å². The minimum atomic E-state index is 0.119. The molecule has 206 valence electrons. The molecule has 2 aromatic carbocycles. The van der Waals surface area contributed by atoms with Crippen molar-refractivity contribution in [3.63, 3.8) is 0 Å². The van der Waals surface area contributed by atoms with Crippen molar-refractivity contribution in [2.24, 2.45) is 4.99 Å². The highest BCUT2D eigenvalue weighted by atomic mass is 14.9. The van der Waals surface area contributed by atoms with Crippen LogP contribution in [0.25, 0.3) is 11.1 Å². The maximum absolute atomic E-state index is 4.31. The van der Waals surface area contributed by atoms with Crippen LogP contribution in [0.15, 0.2) is 84.0 Å². The highest BCUT2D eigenvalue weighted by Crippen LogP contribution is 2.26. The third-order valence-electron chi connectivity index (χ3n) is 5.55. The zero-order valence-corrected chi connectivity index (χ0v) is 25.8. The molecule has 0 fully saturated rings. The van der Waals surface area contributed by atoms with E-state index >= 15 is 0 Å². The molecule has 0 saturated carbocycles. The van der Waals surface area contributed by atoms with E-state index in [2.05, 4.69) is 113 Å². The first kappa shape index (κ1) is 36.6. The van der Waals surface area contributed by atoms with Gasteiger partial charge in [0.25, 0.3) is 0 Å². The van der Waals surface area contributed by atoms with E-state index in [-0.39, 0.29) is 6.04 Å². The fourth-order valence-corrected chi connectivity index (χ4v) is 3.78. The highest BCUT2D eigenvalue weighted by Gasteiger charge is 2.13. The van der Waals surface area contributed by atoms with Gasteiger partial charge in [-0.2, -0.15) is 0 Å². The first-order chi connectivity index (χ1) is 18.1. The van der Waals surface area contributed by atoms with Crippen LogP contribution in [0, 0.1) is 19.8 Å². The maximum Gasteiger partial charge on any atom is 0.0718 e. The smallest absolute Gasteiger partial charge is 0.0718 e. The Morgan fingerprint density at radius 3 is 1.87 bits per heavy atom. The maximum atomic E-state index is 4.31. The summed E-state index contributed by atoms with van der Waals surface area (Å²) in [5.41, 5.74) is 12.2. The number of hydrogen-bond acceptors (Lipinski definition) is 2. The second kappa shape index (κ2) is 20.5. The molecule has 0 bridgehead atoms. The van der Waals surface area contributed by atoms with Crippen molar-refractivity contribution in [3.05, 3.63) is 107 Å². The molecule has 1 aliphatic heterocycles. The van der Waals surface area contributed by atoms with Crippen molar-refractivity contribution in [1.82, 2.24) is 5.32 Å². The van der Waals surface area contributed by atoms with E-state index in [0.29, 0.717) is 0 Å². The Balaban J connectivity index is 0. The number of benzene rings is 2. The van der Waals surface area contributed by atoms with Gasteiger partial charge in [-0.3, -0.25) is 4.99 Å². The van der Waals surface area contributed by atoms with Gasteiger partial charge in [-0.1, -0.05) is 114 Å². The molecule has 0 spiro atoms. The molecule has 0 saturated heterocycles. The Morgan fingerprint density at radius 2 is 1.47 bits per heavy atom. The lowest BCUT2D eigenvalue weighted by atomic mass is 9.96. The van der Waals surface area contributed by atoms with E-state index in [1.807, 2.05) is 47.8 Å². The Kier molecular flexibility index (Phi) is 19.7. The third-order valence-corrected chi connectivity index (χ3v) is 5.55. The average Bonchev–Trinajstić information content (AvgIpc) is 3.36. The van der Waals surface area contributed by atoms with Gasteiger partial charge in [0.1, 0.15) is 0 Å². The Labute approximate surface area is 235 Å². The van der Waals surface area contributed by atoms with Gasteiger partial charge in [0.05, 0.1) is 12.6 Å². The number of aryl methyl sites for hydroxylation is 2. The number of nitrogens with zero attached hydrogens (tertiary/aromatic N) is 1. The predicted octanol–water partition coefficient (Wildman–Crippen LogP) is 10.2. The topological polar surface area (TPSA) is 24.4 Å². The highest BCUT2D eigenvalue weighted by molar-refractivity contribution is 6.12. The lowest BCUT2D eigenvalue weighted by Crippen LogP contribution is -2.19. The van der Waals surface area contributed by atoms with Crippen LogP contribution in [-0.4, -0.2) is 12.8 Å². The minimum absolute atomic E-state index is 0.119. The van der Waals surface area contributed by atoms with Crippen LogP contribution < -0.4 is 5.32 Å². The minimum Gasteiger partial charge on any atom is -0.378 e. The quantitative estimate of drug-likeness (QED) is 0.289. The molecular weight excluding hydrogens is 460 g/mol. The van der Waals surface area contributed by atoms with Crippen LogP contribution in [0.2, 0.25) is 0 Å². The van der Waals surface area contributed by atoms with Gasteiger partial charge < -0.3 is 5.32 Å². The molecule has 1 heterocycles. The molecule has 2 heteroatoms. The monoisotopic (exact) mass is 512 g/mol. The van der Waals surface area contributed by atoms with Crippen molar-refractivity contribution in [2.45, 2.75) is 81.7 Å². The molecule has 1 atom stereocenters. The summed E-state index contributed by atoms with van der Waals surface area (Å²) in [5.74, 6) is 0. The van der Waals surface area contributed by atoms with Gasteiger partial charge in [0.2, 0.25) is 0 Å². The first-order valence-corrected chi connectivity index (χ1v) is 13.6. The second-order valence-corrected chi connectivity index (χ2v) is 8.78. The van der Waals surface area contributed by atoms with E-state index in [1.54, 1.807) is 0 Å². The van der Waals surface area contributed by atoms with E-state index in [1.165, 1.54) is 39.0 Å². The zero-order chi connectivity index (χ0) is 29.8. The second-order valence-electron chi connectivity index (χ2n) is 8.78. The van der Waals surface area contributed by atoms with Crippen molar-refractivity contribution < 1.29 is 0 Å². The molecule has 1 N–H and O–H groups in total. The van der Waals surface area contributed by atoms with Gasteiger partial charge >= 0.3 is 0 Å². The molecular formula is C36H52N2. The molecule has 0 aliphatic carbocycles. The van der Waals surface area contributed by atoms with Crippen molar-refractivity contribution >= 4 is 17.4 Å². The molecule has 1 unspecified atom stereocenters. The predicted molar refractivity (Wildman–Crippen MR) is 176 cm³/mol.